The molecule has 1 aromatic heterocycles. The van der Waals surface area contributed by atoms with Gasteiger partial charge in [-0.1, -0.05) is 12.8 Å². The van der Waals surface area contributed by atoms with Gasteiger partial charge in [-0.05, 0) is 25.0 Å². The average Bonchev–Trinajstić information content (AvgIpc) is 2.90. The molecule has 1 fully saturated rings. The summed E-state index contributed by atoms with van der Waals surface area (Å²) in [4.78, 5) is 18.6. The van der Waals surface area contributed by atoms with E-state index in [1.807, 2.05) is 0 Å². The Morgan fingerprint density at radius 1 is 1.05 bits per heavy atom. The fraction of sp³-hybridized carbons (Fsp3) is 0.333. The van der Waals surface area contributed by atoms with Gasteiger partial charge in [0.25, 0.3) is 5.56 Å². The van der Waals surface area contributed by atoms with Crippen molar-refractivity contribution in [1.29, 1.82) is 0 Å². The molecule has 0 amide bonds. The van der Waals surface area contributed by atoms with Gasteiger partial charge in [-0.15, -0.1) is 0 Å². The third kappa shape index (κ3) is 2.61. The van der Waals surface area contributed by atoms with Crippen molar-refractivity contribution in [3.8, 4) is 11.4 Å². The van der Waals surface area contributed by atoms with Crippen molar-refractivity contribution in [2.45, 2.75) is 31.6 Å². The van der Waals surface area contributed by atoms with Crippen LogP contribution in [0, 0.1) is 11.6 Å². The zero-order chi connectivity index (χ0) is 14.1. The van der Waals surface area contributed by atoms with Gasteiger partial charge in [0.2, 0.25) is 0 Å². The largest absolute Gasteiger partial charge is 0.307 e. The Kier molecular flexibility index (Phi) is 3.34. The van der Waals surface area contributed by atoms with E-state index >= 15 is 0 Å². The van der Waals surface area contributed by atoms with E-state index in [2.05, 4.69) is 9.97 Å². The molecule has 0 atom stereocenters. The van der Waals surface area contributed by atoms with Crippen LogP contribution >= 0.6 is 0 Å². The first-order chi connectivity index (χ1) is 9.61. The van der Waals surface area contributed by atoms with Crippen molar-refractivity contribution in [2.24, 2.45) is 0 Å². The van der Waals surface area contributed by atoms with Crippen molar-refractivity contribution in [1.82, 2.24) is 9.97 Å². The molecule has 1 saturated carbocycles. The molecule has 3 rings (SSSR count). The molecule has 0 bridgehead atoms. The standard InChI is InChI=1S/C15H14F2N2O/c16-11-5-10(6-12(17)7-11)15-18-13(8-14(20)19-15)9-3-1-2-4-9/h5-9H,1-4H2,(H,18,19,20). The number of aromatic nitrogens is 2. The van der Waals surface area contributed by atoms with Crippen LogP contribution in [0.1, 0.15) is 37.3 Å². The first kappa shape index (κ1) is 13.0. The summed E-state index contributed by atoms with van der Waals surface area (Å²) >= 11 is 0. The molecule has 0 radical (unpaired) electrons. The lowest BCUT2D eigenvalue weighted by molar-refractivity contribution is 0.584. The third-order valence-corrected chi connectivity index (χ3v) is 3.67. The van der Waals surface area contributed by atoms with Gasteiger partial charge < -0.3 is 4.98 Å². The smallest absolute Gasteiger partial charge is 0.251 e. The monoisotopic (exact) mass is 276 g/mol. The van der Waals surface area contributed by atoms with Gasteiger partial charge in [0.1, 0.15) is 17.5 Å². The maximum absolute atomic E-state index is 13.3. The number of rotatable bonds is 2. The predicted molar refractivity (Wildman–Crippen MR) is 71.4 cm³/mol. The molecule has 0 spiro atoms. The van der Waals surface area contributed by atoms with E-state index in [1.54, 1.807) is 0 Å². The molecule has 2 aromatic rings. The summed E-state index contributed by atoms with van der Waals surface area (Å²) in [6.07, 6.45) is 4.27. The van der Waals surface area contributed by atoms with Crippen LogP contribution in [0.25, 0.3) is 11.4 Å². The zero-order valence-electron chi connectivity index (χ0n) is 10.8. The molecule has 3 nitrogen and oxygen atoms in total. The lowest BCUT2D eigenvalue weighted by Gasteiger charge is -2.10. The number of hydrogen-bond acceptors (Lipinski definition) is 2. The highest BCUT2D eigenvalue weighted by atomic mass is 19.1. The number of benzene rings is 1. The Balaban J connectivity index is 2.06. The Morgan fingerprint density at radius 2 is 1.70 bits per heavy atom. The molecule has 0 saturated heterocycles. The van der Waals surface area contributed by atoms with Crippen LogP contribution in [-0.4, -0.2) is 9.97 Å². The quantitative estimate of drug-likeness (QED) is 0.914. The number of nitrogens with zero attached hydrogens (tertiary/aromatic N) is 1. The second kappa shape index (κ2) is 5.15. The minimum Gasteiger partial charge on any atom is -0.307 e. The van der Waals surface area contributed by atoms with Crippen molar-refractivity contribution < 1.29 is 8.78 Å². The van der Waals surface area contributed by atoms with E-state index in [1.165, 1.54) is 18.2 Å². The lowest BCUT2D eigenvalue weighted by atomic mass is 10.0. The Bertz CT molecular complexity index is 670. The van der Waals surface area contributed by atoms with Gasteiger partial charge >= 0.3 is 0 Å². The number of halogens is 2. The van der Waals surface area contributed by atoms with E-state index in [-0.39, 0.29) is 22.9 Å². The highest BCUT2D eigenvalue weighted by Crippen LogP contribution is 2.33. The van der Waals surface area contributed by atoms with E-state index < -0.39 is 11.6 Å². The molecule has 104 valence electrons. The summed E-state index contributed by atoms with van der Waals surface area (Å²) in [6.45, 7) is 0. The zero-order valence-corrected chi connectivity index (χ0v) is 10.8. The Morgan fingerprint density at radius 3 is 2.35 bits per heavy atom. The Hall–Kier alpha value is -2.04. The molecule has 1 aromatic carbocycles. The summed E-state index contributed by atoms with van der Waals surface area (Å²) in [5.74, 6) is -0.880. The minimum atomic E-state index is -0.686. The van der Waals surface area contributed by atoms with Crippen LogP contribution < -0.4 is 5.56 Å². The van der Waals surface area contributed by atoms with Gasteiger partial charge in [-0.25, -0.2) is 13.8 Å². The summed E-state index contributed by atoms with van der Waals surface area (Å²) in [5.41, 5.74) is 0.673. The van der Waals surface area contributed by atoms with Crippen molar-refractivity contribution in [3.63, 3.8) is 0 Å². The van der Waals surface area contributed by atoms with Crippen LogP contribution in [-0.2, 0) is 0 Å². The second-order valence-corrected chi connectivity index (χ2v) is 5.16. The SMILES string of the molecule is O=c1cc(C2CCCC2)nc(-c2cc(F)cc(F)c2)[nH]1. The van der Waals surface area contributed by atoms with E-state index in [4.69, 9.17) is 0 Å². The summed E-state index contributed by atoms with van der Waals surface area (Å²) in [6, 6.07) is 4.61. The molecule has 20 heavy (non-hydrogen) atoms. The highest BCUT2D eigenvalue weighted by molar-refractivity contribution is 5.55. The van der Waals surface area contributed by atoms with Crippen molar-refractivity contribution in [2.75, 3.05) is 0 Å². The maximum atomic E-state index is 13.3. The maximum Gasteiger partial charge on any atom is 0.251 e. The molecule has 5 heteroatoms. The predicted octanol–water partition coefficient (Wildman–Crippen LogP) is 3.37. The normalized spacial score (nSPS) is 15.7. The van der Waals surface area contributed by atoms with Gasteiger partial charge in [-0.2, -0.15) is 0 Å². The summed E-state index contributed by atoms with van der Waals surface area (Å²) < 4.78 is 26.5. The van der Waals surface area contributed by atoms with Crippen molar-refractivity contribution in [3.05, 3.63) is 51.9 Å². The molecule has 0 aliphatic heterocycles. The summed E-state index contributed by atoms with van der Waals surface area (Å²) in [5, 5.41) is 0. The van der Waals surface area contributed by atoms with E-state index in [0.717, 1.165) is 31.7 Å². The number of hydrogen-bond donors (Lipinski definition) is 1. The second-order valence-electron chi connectivity index (χ2n) is 5.16. The fourth-order valence-corrected chi connectivity index (χ4v) is 2.73. The van der Waals surface area contributed by atoms with Crippen LogP contribution in [0.4, 0.5) is 8.78 Å². The van der Waals surface area contributed by atoms with E-state index in [9.17, 15) is 13.6 Å². The van der Waals surface area contributed by atoms with Gasteiger partial charge in [-0.3, -0.25) is 4.79 Å². The fourth-order valence-electron chi connectivity index (χ4n) is 2.73. The number of nitrogens with one attached hydrogen (secondary N) is 1. The first-order valence-electron chi connectivity index (χ1n) is 6.69. The first-order valence-corrected chi connectivity index (χ1v) is 6.69. The van der Waals surface area contributed by atoms with Crippen LogP contribution in [0.5, 0.6) is 0 Å². The van der Waals surface area contributed by atoms with Gasteiger partial charge in [0, 0.05) is 23.6 Å². The molecular formula is C15H14F2N2O. The van der Waals surface area contributed by atoms with Crippen LogP contribution in [0.3, 0.4) is 0 Å². The van der Waals surface area contributed by atoms with Gasteiger partial charge in [0.15, 0.2) is 0 Å². The molecular weight excluding hydrogens is 262 g/mol. The van der Waals surface area contributed by atoms with Crippen LogP contribution in [0.2, 0.25) is 0 Å². The molecule has 1 aliphatic rings. The highest BCUT2D eigenvalue weighted by Gasteiger charge is 2.19. The minimum absolute atomic E-state index is 0.220. The van der Waals surface area contributed by atoms with Crippen molar-refractivity contribution >= 4 is 0 Å². The number of H-pyrrole nitrogens is 1. The molecule has 1 N–H and O–H groups in total. The van der Waals surface area contributed by atoms with Crippen LogP contribution in [0.15, 0.2) is 29.1 Å². The molecule has 1 aliphatic carbocycles. The topological polar surface area (TPSA) is 45.8 Å². The lowest BCUT2D eigenvalue weighted by Crippen LogP contribution is -2.12. The Labute approximate surface area is 114 Å². The van der Waals surface area contributed by atoms with E-state index in [0.29, 0.717) is 5.69 Å². The van der Waals surface area contributed by atoms with Gasteiger partial charge in [0.05, 0.1) is 5.69 Å². The summed E-state index contributed by atoms with van der Waals surface area (Å²) in [7, 11) is 0. The average molecular weight is 276 g/mol. The molecule has 0 unspecified atom stereocenters. The number of aromatic amines is 1. The third-order valence-electron chi connectivity index (χ3n) is 3.67. The molecule has 1 heterocycles.